The lowest BCUT2D eigenvalue weighted by atomic mass is 10.3. The minimum absolute atomic E-state index is 0.439. The quantitative estimate of drug-likeness (QED) is 0.628. The molecule has 90 valence electrons. The highest BCUT2D eigenvalue weighted by molar-refractivity contribution is 6.43. The second-order valence-electron chi connectivity index (χ2n) is 3.36. The Kier molecular flexibility index (Phi) is 6.29. The molecule has 0 aromatic heterocycles. The van der Waals surface area contributed by atoms with Gasteiger partial charge in [-0.2, -0.15) is 0 Å². The molecular formula is C11H14Cl3NO. The molecule has 0 fully saturated rings. The third kappa shape index (κ3) is 4.38. The number of rotatable bonds is 6. The van der Waals surface area contributed by atoms with Gasteiger partial charge in [-0.25, -0.2) is 0 Å². The van der Waals surface area contributed by atoms with Crippen LogP contribution in [0.25, 0.3) is 0 Å². The molecule has 0 saturated heterocycles. The second-order valence-corrected chi connectivity index (χ2v) is 4.58. The summed E-state index contributed by atoms with van der Waals surface area (Å²) < 4.78 is 5.52. The Morgan fingerprint density at radius 1 is 1.06 bits per heavy atom. The molecule has 0 radical (unpaired) electrons. The smallest absolute Gasteiger partial charge is 0.139 e. The van der Waals surface area contributed by atoms with Crippen LogP contribution in [0.2, 0.25) is 15.1 Å². The molecule has 1 N–H and O–H groups in total. The van der Waals surface area contributed by atoms with Gasteiger partial charge in [0.15, 0.2) is 0 Å². The maximum atomic E-state index is 5.96. The Balaban J connectivity index is 2.45. The van der Waals surface area contributed by atoms with Gasteiger partial charge < -0.3 is 10.1 Å². The average molecular weight is 283 g/mol. The van der Waals surface area contributed by atoms with Gasteiger partial charge in [0, 0.05) is 6.07 Å². The lowest BCUT2D eigenvalue weighted by Gasteiger charge is -2.09. The van der Waals surface area contributed by atoms with E-state index in [1.807, 2.05) is 7.05 Å². The van der Waals surface area contributed by atoms with Gasteiger partial charge in [-0.1, -0.05) is 34.8 Å². The molecule has 0 aliphatic rings. The molecule has 0 aliphatic heterocycles. The molecule has 5 heteroatoms. The largest absolute Gasteiger partial charge is 0.492 e. The van der Waals surface area contributed by atoms with Gasteiger partial charge in [0.1, 0.15) is 5.75 Å². The summed E-state index contributed by atoms with van der Waals surface area (Å²) in [6.45, 7) is 1.61. The third-order valence-electron chi connectivity index (χ3n) is 2.05. The number of halogens is 3. The van der Waals surface area contributed by atoms with Crippen molar-refractivity contribution < 1.29 is 4.74 Å². The SMILES string of the molecule is CNCCCCOc1cc(Cl)c(Cl)cc1Cl. The summed E-state index contributed by atoms with van der Waals surface area (Å²) >= 11 is 17.6. The summed E-state index contributed by atoms with van der Waals surface area (Å²) in [7, 11) is 1.93. The molecule has 0 amide bonds. The van der Waals surface area contributed by atoms with Gasteiger partial charge in [-0.15, -0.1) is 0 Å². The van der Waals surface area contributed by atoms with Crippen LogP contribution >= 0.6 is 34.8 Å². The van der Waals surface area contributed by atoms with Crippen molar-refractivity contribution in [2.75, 3.05) is 20.2 Å². The average Bonchev–Trinajstić information content (AvgIpc) is 2.25. The van der Waals surface area contributed by atoms with Gasteiger partial charge in [0.25, 0.3) is 0 Å². The number of hydrogen-bond donors (Lipinski definition) is 1. The first-order valence-corrected chi connectivity index (χ1v) is 6.20. The molecular weight excluding hydrogens is 268 g/mol. The Hall–Kier alpha value is -0.150. The molecule has 0 saturated carbocycles. The molecule has 0 aliphatic carbocycles. The molecule has 0 unspecified atom stereocenters. The first-order valence-electron chi connectivity index (χ1n) is 5.07. The summed E-state index contributed by atoms with van der Waals surface area (Å²) in [6, 6.07) is 3.23. The summed E-state index contributed by atoms with van der Waals surface area (Å²) in [5, 5.41) is 4.46. The van der Waals surface area contributed by atoms with E-state index in [0.29, 0.717) is 27.4 Å². The highest BCUT2D eigenvalue weighted by Crippen LogP contribution is 2.33. The molecule has 1 aromatic carbocycles. The fourth-order valence-electron chi connectivity index (χ4n) is 1.20. The number of ether oxygens (including phenoxy) is 1. The zero-order valence-corrected chi connectivity index (χ0v) is 11.3. The molecule has 1 rings (SSSR count). The summed E-state index contributed by atoms with van der Waals surface area (Å²) in [6.07, 6.45) is 2.03. The van der Waals surface area contributed by atoms with Crippen LogP contribution in [0.15, 0.2) is 12.1 Å². The van der Waals surface area contributed by atoms with E-state index in [-0.39, 0.29) is 0 Å². The normalized spacial score (nSPS) is 10.5. The van der Waals surface area contributed by atoms with Crippen molar-refractivity contribution in [3.63, 3.8) is 0 Å². The van der Waals surface area contributed by atoms with Crippen molar-refractivity contribution in [2.45, 2.75) is 12.8 Å². The van der Waals surface area contributed by atoms with E-state index >= 15 is 0 Å². The number of nitrogens with one attached hydrogen (secondary N) is 1. The maximum absolute atomic E-state index is 5.96. The van der Waals surface area contributed by atoms with Crippen LogP contribution in [0.4, 0.5) is 0 Å². The van der Waals surface area contributed by atoms with Crippen LogP contribution < -0.4 is 10.1 Å². The minimum atomic E-state index is 0.439. The zero-order chi connectivity index (χ0) is 12.0. The lowest BCUT2D eigenvalue weighted by Crippen LogP contribution is -2.09. The first kappa shape index (κ1) is 13.9. The van der Waals surface area contributed by atoms with Crippen molar-refractivity contribution >= 4 is 34.8 Å². The van der Waals surface area contributed by atoms with Crippen LogP contribution in [-0.4, -0.2) is 20.2 Å². The number of hydrogen-bond acceptors (Lipinski definition) is 2. The third-order valence-corrected chi connectivity index (χ3v) is 3.07. The van der Waals surface area contributed by atoms with Crippen LogP contribution in [0.1, 0.15) is 12.8 Å². The molecule has 0 heterocycles. The van der Waals surface area contributed by atoms with E-state index in [1.54, 1.807) is 12.1 Å². The minimum Gasteiger partial charge on any atom is -0.492 e. The van der Waals surface area contributed by atoms with Gasteiger partial charge in [-0.3, -0.25) is 0 Å². The highest BCUT2D eigenvalue weighted by atomic mass is 35.5. The van der Waals surface area contributed by atoms with E-state index in [0.717, 1.165) is 19.4 Å². The number of benzene rings is 1. The Morgan fingerprint density at radius 2 is 1.75 bits per heavy atom. The highest BCUT2D eigenvalue weighted by Gasteiger charge is 2.06. The molecule has 1 aromatic rings. The van der Waals surface area contributed by atoms with E-state index in [1.165, 1.54) is 0 Å². The predicted octanol–water partition coefficient (Wildman–Crippen LogP) is 4.03. The number of unbranched alkanes of at least 4 members (excludes halogenated alkanes) is 1. The van der Waals surface area contributed by atoms with Gasteiger partial charge in [0.2, 0.25) is 0 Å². The molecule has 16 heavy (non-hydrogen) atoms. The van der Waals surface area contributed by atoms with E-state index < -0.39 is 0 Å². The van der Waals surface area contributed by atoms with Gasteiger partial charge >= 0.3 is 0 Å². The fourth-order valence-corrected chi connectivity index (χ4v) is 1.79. The van der Waals surface area contributed by atoms with E-state index in [9.17, 15) is 0 Å². The van der Waals surface area contributed by atoms with Gasteiger partial charge in [-0.05, 0) is 32.5 Å². The standard InChI is InChI=1S/C11H14Cl3NO/c1-15-4-2-3-5-16-11-7-9(13)8(12)6-10(11)14/h6-7,15H,2-5H2,1H3. The Bertz CT molecular complexity index is 344. The topological polar surface area (TPSA) is 21.3 Å². The maximum Gasteiger partial charge on any atom is 0.139 e. The Morgan fingerprint density at radius 3 is 2.44 bits per heavy atom. The molecule has 0 atom stereocenters. The van der Waals surface area contributed by atoms with Crippen LogP contribution in [0.5, 0.6) is 5.75 Å². The first-order chi connectivity index (χ1) is 7.65. The van der Waals surface area contributed by atoms with Crippen LogP contribution in [0.3, 0.4) is 0 Å². The molecule has 0 bridgehead atoms. The fraction of sp³-hybridized carbons (Fsp3) is 0.455. The van der Waals surface area contributed by atoms with Crippen molar-refractivity contribution in [3.05, 3.63) is 27.2 Å². The molecule has 0 spiro atoms. The van der Waals surface area contributed by atoms with Crippen molar-refractivity contribution in [1.29, 1.82) is 0 Å². The van der Waals surface area contributed by atoms with Crippen molar-refractivity contribution in [1.82, 2.24) is 5.32 Å². The monoisotopic (exact) mass is 281 g/mol. The lowest BCUT2D eigenvalue weighted by molar-refractivity contribution is 0.306. The van der Waals surface area contributed by atoms with Crippen LogP contribution in [-0.2, 0) is 0 Å². The predicted molar refractivity (Wildman–Crippen MR) is 70.1 cm³/mol. The van der Waals surface area contributed by atoms with Crippen LogP contribution in [0, 0.1) is 0 Å². The van der Waals surface area contributed by atoms with E-state index in [2.05, 4.69) is 5.32 Å². The second kappa shape index (κ2) is 7.23. The molecule has 2 nitrogen and oxygen atoms in total. The Labute approximate surface area is 111 Å². The summed E-state index contributed by atoms with van der Waals surface area (Å²) in [5.74, 6) is 0.584. The summed E-state index contributed by atoms with van der Waals surface area (Å²) in [4.78, 5) is 0. The zero-order valence-electron chi connectivity index (χ0n) is 9.03. The van der Waals surface area contributed by atoms with E-state index in [4.69, 9.17) is 39.5 Å². The van der Waals surface area contributed by atoms with Crippen molar-refractivity contribution in [2.24, 2.45) is 0 Å². The summed E-state index contributed by atoms with van der Waals surface area (Å²) in [5.41, 5.74) is 0. The van der Waals surface area contributed by atoms with Gasteiger partial charge in [0.05, 0.1) is 21.7 Å². The van der Waals surface area contributed by atoms with Crippen molar-refractivity contribution in [3.8, 4) is 5.75 Å².